The zero-order chi connectivity index (χ0) is 18.4. The number of nitrogens with zero attached hydrogens (tertiary/aromatic N) is 2. The van der Waals surface area contributed by atoms with E-state index in [4.69, 9.17) is 0 Å². The van der Waals surface area contributed by atoms with Gasteiger partial charge in [0, 0.05) is 31.3 Å². The van der Waals surface area contributed by atoms with Crippen molar-refractivity contribution in [2.45, 2.75) is 18.9 Å². The Morgan fingerprint density at radius 2 is 1.85 bits per heavy atom. The Hall–Kier alpha value is -3.22. The summed E-state index contributed by atoms with van der Waals surface area (Å²) in [7, 11) is 0. The number of hydrogen-bond donors (Lipinski definition) is 2. The normalized spacial score (nSPS) is 15.2. The molecular formula is C19H20N4O3. The molecule has 1 aromatic heterocycles. The molecule has 3 rings (SSSR count). The van der Waals surface area contributed by atoms with Crippen molar-refractivity contribution < 1.29 is 9.59 Å². The van der Waals surface area contributed by atoms with E-state index in [2.05, 4.69) is 15.5 Å². The standard InChI is InChI=1S/C19H20N4O3/c24-17(8-6-14-4-2-1-3-5-14)20-15-10-12-23(13-11-15)19(26)16-7-9-18(25)22-21-16/h1-9,15H,10-13H2,(H,20,24)(H,22,25)/b8-6+. The molecule has 2 amide bonds. The molecule has 1 aromatic carbocycles. The molecule has 1 saturated heterocycles. The Morgan fingerprint density at radius 1 is 1.12 bits per heavy atom. The molecule has 7 nitrogen and oxygen atoms in total. The van der Waals surface area contributed by atoms with Crippen LogP contribution < -0.4 is 10.9 Å². The topological polar surface area (TPSA) is 95.2 Å². The third kappa shape index (κ3) is 4.66. The third-order valence-corrected chi connectivity index (χ3v) is 4.25. The quantitative estimate of drug-likeness (QED) is 0.809. The van der Waals surface area contributed by atoms with Gasteiger partial charge in [0.05, 0.1) is 0 Å². The summed E-state index contributed by atoms with van der Waals surface area (Å²) in [5.41, 5.74) is 0.848. The van der Waals surface area contributed by atoms with E-state index in [9.17, 15) is 14.4 Å². The molecule has 0 unspecified atom stereocenters. The second-order valence-electron chi connectivity index (χ2n) is 6.13. The van der Waals surface area contributed by atoms with Crippen LogP contribution in [0.5, 0.6) is 0 Å². The number of carbonyl (C=O) groups excluding carboxylic acids is 2. The smallest absolute Gasteiger partial charge is 0.274 e. The molecule has 0 spiro atoms. The van der Waals surface area contributed by atoms with Crippen LogP contribution in [0.2, 0.25) is 0 Å². The second kappa shape index (κ2) is 8.24. The van der Waals surface area contributed by atoms with Gasteiger partial charge in [0.25, 0.3) is 11.5 Å². The molecule has 1 aliphatic heterocycles. The lowest BCUT2D eigenvalue weighted by Crippen LogP contribution is -2.46. The van der Waals surface area contributed by atoms with Crippen LogP contribution in [0, 0.1) is 0 Å². The van der Waals surface area contributed by atoms with Gasteiger partial charge in [0.1, 0.15) is 5.69 Å². The predicted molar refractivity (Wildman–Crippen MR) is 97.4 cm³/mol. The van der Waals surface area contributed by atoms with Gasteiger partial charge in [0.2, 0.25) is 5.91 Å². The summed E-state index contributed by atoms with van der Waals surface area (Å²) in [6.07, 6.45) is 4.66. The lowest BCUT2D eigenvalue weighted by molar-refractivity contribution is -0.117. The van der Waals surface area contributed by atoms with E-state index < -0.39 is 0 Å². The fourth-order valence-corrected chi connectivity index (χ4v) is 2.84. The summed E-state index contributed by atoms with van der Waals surface area (Å²) in [5.74, 6) is -0.351. The maximum Gasteiger partial charge on any atom is 0.274 e. The van der Waals surface area contributed by atoms with E-state index in [1.807, 2.05) is 30.3 Å². The number of rotatable bonds is 4. The van der Waals surface area contributed by atoms with Gasteiger partial charge in [-0.3, -0.25) is 14.4 Å². The number of H-pyrrole nitrogens is 1. The number of benzene rings is 1. The van der Waals surface area contributed by atoms with Crippen LogP contribution in [-0.4, -0.2) is 46.0 Å². The first-order chi connectivity index (χ1) is 12.6. The molecule has 0 aliphatic carbocycles. The summed E-state index contributed by atoms with van der Waals surface area (Å²) < 4.78 is 0. The molecule has 2 aromatic rings. The molecule has 0 radical (unpaired) electrons. The number of likely N-dealkylation sites (tertiary alicyclic amines) is 1. The maximum atomic E-state index is 12.3. The summed E-state index contributed by atoms with van der Waals surface area (Å²) in [6, 6.07) is 12.4. The van der Waals surface area contributed by atoms with Crippen LogP contribution in [0.15, 0.2) is 53.3 Å². The molecule has 1 aliphatic rings. The lowest BCUT2D eigenvalue weighted by atomic mass is 10.0. The molecule has 1 fully saturated rings. The summed E-state index contributed by atoms with van der Waals surface area (Å²) >= 11 is 0. The Morgan fingerprint density at radius 3 is 2.50 bits per heavy atom. The van der Waals surface area contributed by atoms with E-state index >= 15 is 0 Å². The minimum absolute atomic E-state index is 0.0375. The fourth-order valence-electron chi connectivity index (χ4n) is 2.84. The van der Waals surface area contributed by atoms with Gasteiger partial charge in [-0.1, -0.05) is 30.3 Å². The zero-order valence-corrected chi connectivity index (χ0v) is 14.2. The van der Waals surface area contributed by atoms with Crippen molar-refractivity contribution in [3.63, 3.8) is 0 Å². The van der Waals surface area contributed by atoms with Gasteiger partial charge in [0.15, 0.2) is 0 Å². The van der Waals surface area contributed by atoms with Gasteiger partial charge in [-0.2, -0.15) is 5.10 Å². The van der Waals surface area contributed by atoms with Crippen LogP contribution in [-0.2, 0) is 4.79 Å². The second-order valence-corrected chi connectivity index (χ2v) is 6.13. The minimum Gasteiger partial charge on any atom is -0.350 e. The highest BCUT2D eigenvalue weighted by atomic mass is 16.2. The predicted octanol–water partition coefficient (Wildman–Crippen LogP) is 1.20. The van der Waals surface area contributed by atoms with Crippen LogP contribution >= 0.6 is 0 Å². The van der Waals surface area contributed by atoms with E-state index in [1.165, 1.54) is 18.2 Å². The highest BCUT2D eigenvalue weighted by molar-refractivity contribution is 5.93. The maximum absolute atomic E-state index is 12.3. The summed E-state index contributed by atoms with van der Waals surface area (Å²) in [5, 5.41) is 9.00. The Labute approximate surface area is 150 Å². The minimum atomic E-state index is -0.341. The van der Waals surface area contributed by atoms with Crippen molar-refractivity contribution in [3.8, 4) is 0 Å². The fraction of sp³-hybridized carbons (Fsp3) is 0.263. The molecule has 7 heteroatoms. The number of nitrogens with one attached hydrogen (secondary N) is 2. The molecule has 0 bridgehead atoms. The monoisotopic (exact) mass is 352 g/mol. The Bertz CT molecular complexity index is 832. The van der Waals surface area contributed by atoms with Crippen molar-refractivity contribution in [2.75, 3.05) is 13.1 Å². The van der Waals surface area contributed by atoms with Gasteiger partial charge in [-0.25, -0.2) is 5.10 Å². The van der Waals surface area contributed by atoms with Gasteiger partial charge >= 0.3 is 0 Å². The third-order valence-electron chi connectivity index (χ3n) is 4.25. The average molecular weight is 352 g/mol. The number of aromatic nitrogens is 2. The molecule has 2 heterocycles. The van der Waals surface area contributed by atoms with E-state index in [0.717, 1.165) is 5.56 Å². The van der Waals surface area contributed by atoms with Crippen molar-refractivity contribution in [2.24, 2.45) is 0 Å². The van der Waals surface area contributed by atoms with E-state index in [1.54, 1.807) is 11.0 Å². The Balaban J connectivity index is 1.48. The SMILES string of the molecule is O=C(/C=C/c1ccccc1)NC1CCN(C(=O)c2ccc(=O)[nH]n2)CC1. The van der Waals surface area contributed by atoms with E-state index in [0.29, 0.717) is 25.9 Å². The van der Waals surface area contributed by atoms with Crippen molar-refractivity contribution in [1.29, 1.82) is 0 Å². The highest BCUT2D eigenvalue weighted by Crippen LogP contribution is 2.13. The lowest BCUT2D eigenvalue weighted by Gasteiger charge is -2.31. The first-order valence-corrected chi connectivity index (χ1v) is 8.50. The van der Waals surface area contributed by atoms with Crippen molar-refractivity contribution >= 4 is 17.9 Å². The van der Waals surface area contributed by atoms with Crippen LogP contribution in [0.25, 0.3) is 6.08 Å². The number of aromatic amines is 1. The largest absolute Gasteiger partial charge is 0.350 e. The van der Waals surface area contributed by atoms with Gasteiger partial charge in [-0.15, -0.1) is 0 Å². The first kappa shape index (κ1) is 17.6. The highest BCUT2D eigenvalue weighted by Gasteiger charge is 2.24. The molecule has 26 heavy (non-hydrogen) atoms. The van der Waals surface area contributed by atoms with E-state index in [-0.39, 0.29) is 29.1 Å². The van der Waals surface area contributed by atoms with Crippen LogP contribution in [0.3, 0.4) is 0 Å². The first-order valence-electron chi connectivity index (χ1n) is 8.50. The van der Waals surface area contributed by atoms with Gasteiger partial charge in [-0.05, 0) is 30.5 Å². The number of hydrogen-bond acceptors (Lipinski definition) is 4. The summed E-state index contributed by atoms with van der Waals surface area (Å²) in [6.45, 7) is 1.07. The number of carbonyl (C=O) groups is 2. The molecule has 0 saturated carbocycles. The van der Waals surface area contributed by atoms with Crippen LogP contribution in [0.4, 0.5) is 0 Å². The molecule has 2 N–H and O–H groups in total. The molecule has 134 valence electrons. The molecule has 0 atom stereocenters. The number of piperidine rings is 1. The van der Waals surface area contributed by atoms with Crippen LogP contribution in [0.1, 0.15) is 28.9 Å². The van der Waals surface area contributed by atoms with Crippen molar-refractivity contribution in [3.05, 3.63) is 70.2 Å². The zero-order valence-electron chi connectivity index (χ0n) is 14.2. The summed E-state index contributed by atoms with van der Waals surface area (Å²) in [4.78, 5) is 37.1. The van der Waals surface area contributed by atoms with Gasteiger partial charge < -0.3 is 10.2 Å². The molecular weight excluding hydrogens is 332 g/mol. The number of amides is 2. The Kier molecular flexibility index (Phi) is 5.58. The van der Waals surface area contributed by atoms with Crippen molar-refractivity contribution in [1.82, 2.24) is 20.4 Å². The average Bonchev–Trinajstić information content (AvgIpc) is 2.68.